The minimum atomic E-state index is -0.477. The Kier molecular flexibility index (Phi) is 4.08. The van der Waals surface area contributed by atoms with Gasteiger partial charge in [-0.15, -0.1) is 11.8 Å². The van der Waals surface area contributed by atoms with Gasteiger partial charge in [0, 0.05) is 16.6 Å². The van der Waals surface area contributed by atoms with E-state index in [4.69, 9.17) is 16.1 Å². The van der Waals surface area contributed by atoms with Gasteiger partial charge < -0.3 is 10.3 Å². The quantitative estimate of drug-likeness (QED) is 0.257. The number of amides is 1. The number of hydrogen-bond acceptors (Lipinski definition) is 6. The molecule has 0 aliphatic carbocycles. The number of nitrogen functional groups attached to an aromatic ring is 2. The highest BCUT2D eigenvalue weighted by molar-refractivity contribution is 7.98. The van der Waals surface area contributed by atoms with Crippen LogP contribution in [0.5, 0.6) is 0 Å². The molecule has 2 rings (SSSR count). The molecule has 2 aromatic rings. The minimum absolute atomic E-state index is 0.162. The van der Waals surface area contributed by atoms with E-state index in [1.807, 2.05) is 30.5 Å². The van der Waals surface area contributed by atoms with Crippen LogP contribution < -0.4 is 17.0 Å². The Morgan fingerprint density at radius 1 is 1.47 bits per heavy atom. The summed E-state index contributed by atoms with van der Waals surface area (Å²) in [7, 11) is 0. The van der Waals surface area contributed by atoms with Crippen molar-refractivity contribution in [3.8, 4) is 0 Å². The maximum atomic E-state index is 11.2. The Bertz CT molecular complexity index is 597. The van der Waals surface area contributed by atoms with Crippen LogP contribution in [0.4, 0.5) is 5.69 Å². The molecule has 0 saturated heterocycles. The van der Waals surface area contributed by atoms with Gasteiger partial charge in [-0.25, -0.2) is 5.84 Å². The lowest BCUT2D eigenvalue weighted by atomic mass is 10.2. The Morgan fingerprint density at radius 3 is 3.00 bits per heavy atom. The number of nitrogens with one attached hydrogen (secondary N) is 1. The zero-order valence-corrected chi connectivity index (χ0v) is 11.2. The molecular formula is C12H14N4O2S. The van der Waals surface area contributed by atoms with Gasteiger partial charge in [0.1, 0.15) is 5.76 Å². The zero-order valence-electron chi connectivity index (χ0n) is 10.3. The number of aryl methyl sites for hydroxylation is 1. The largest absolute Gasteiger partial charge is 0.398 e. The molecule has 1 amide bonds. The number of hydrazine groups is 1. The predicted octanol–water partition coefficient (Wildman–Crippen LogP) is 1.46. The highest BCUT2D eigenvalue weighted by atomic mass is 32.2. The summed E-state index contributed by atoms with van der Waals surface area (Å²) in [6.45, 7) is 2.00. The maximum absolute atomic E-state index is 11.2. The van der Waals surface area contributed by atoms with Crippen molar-refractivity contribution in [2.24, 2.45) is 5.84 Å². The van der Waals surface area contributed by atoms with E-state index < -0.39 is 5.91 Å². The topological polar surface area (TPSA) is 107 Å². The van der Waals surface area contributed by atoms with Crippen LogP contribution in [0.3, 0.4) is 0 Å². The molecule has 0 bridgehead atoms. The second kappa shape index (κ2) is 5.77. The summed E-state index contributed by atoms with van der Waals surface area (Å²) in [6.07, 6.45) is 0. The van der Waals surface area contributed by atoms with E-state index in [0.717, 1.165) is 16.1 Å². The first kappa shape index (κ1) is 13.4. The molecular weight excluding hydrogens is 264 g/mol. The number of rotatable bonds is 4. The fraction of sp³-hybridized carbons (Fsp3) is 0.167. The van der Waals surface area contributed by atoms with Gasteiger partial charge >= 0.3 is 0 Å². The third-order valence-electron chi connectivity index (χ3n) is 2.46. The van der Waals surface area contributed by atoms with Crippen LogP contribution in [-0.4, -0.2) is 11.1 Å². The number of carbonyl (C=O) groups is 1. The molecule has 0 saturated carbocycles. The van der Waals surface area contributed by atoms with Crippen LogP contribution in [0, 0.1) is 6.92 Å². The Balaban J connectivity index is 2.04. The first-order valence-corrected chi connectivity index (χ1v) is 6.54. The summed E-state index contributed by atoms with van der Waals surface area (Å²) in [5, 5.41) is 3.63. The van der Waals surface area contributed by atoms with Gasteiger partial charge in [0.05, 0.1) is 5.75 Å². The second-order valence-electron chi connectivity index (χ2n) is 3.98. The average molecular weight is 278 g/mol. The van der Waals surface area contributed by atoms with Crippen molar-refractivity contribution in [1.29, 1.82) is 0 Å². The van der Waals surface area contributed by atoms with E-state index in [1.165, 1.54) is 11.8 Å². The molecule has 0 unspecified atom stereocenters. The van der Waals surface area contributed by atoms with Crippen LogP contribution in [0.15, 0.2) is 33.7 Å². The molecule has 1 aromatic carbocycles. The molecule has 19 heavy (non-hydrogen) atoms. The minimum Gasteiger partial charge on any atom is -0.398 e. The standard InChI is InChI=1S/C12H14N4O2S/c1-7-2-3-9(13)11(4-7)19-6-8-5-10(16-18-8)12(17)15-14/h2-5H,6,13-14H2,1H3,(H,15,17). The number of benzene rings is 1. The van der Waals surface area contributed by atoms with Gasteiger partial charge in [0.2, 0.25) is 0 Å². The lowest BCUT2D eigenvalue weighted by Crippen LogP contribution is -2.30. The van der Waals surface area contributed by atoms with Crippen molar-refractivity contribution in [1.82, 2.24) is 10.6 Å². The van der Waals surface area contributed by atoms with E-state index >= 15 is 0 Å². The van der Waals surface area contributed by atoms with Crippen molar-refractivity contribution in [3.63, 3.8) is 0 Å². The van der Waals surface area contributed by atoms with E-state index in [9.17, 15) is 4.79 Å². The highest BCUT2D eigenvalue weighted by Gasteiger charge is 2.11. The molecule has 7 heteroatoms. The third-order valence-corrected chi connectivity index (χ3v) is 3.56. The third kappa shape index (κ3) is 3.27. The van der Waals surface area contributed by atoms with E-state index in [-0.39, 0.29) is 5.69 Å². The number of nitrogens with two attached hydrogens (primary N) is 2. The molecule has 0 atom stereocenters. The van der Waals surface area contributed by atoms with E-state index in [1.54, 1.807) is 6.07 Å². The fourth-order valence-corrected chi connectivity index (χ4v) is 2.42. The Morgan fingerprint density at radius 2 is 2.26 bits per heavy atom. The van der Waals surface area contributed by atoms with Gasteiger partial charge in [0.15, 0.2) is 5.69 Å². The smallest absolute Gasteiger partial charge is 0.287 e. The second-order valence-corrected chi connectivity index (χ2v) is 5.00. The van der Waals surface area contributed by atoms with Gasteiger partial charge in [-0.1, -0.05) is 11.2 Å². The molecule has 0 radical (unpaired) electrons. The molecule has 1 aromatic heterocycles. The fourth-order valence-electron chi connectivity index (χ4n) is 1.48. The van der Waals surface area contributed by atoms with Crippen molar-refractivity contribution in [2.45, 2.75) is 17.6 Å². The molecule has 1 heterocycles. The van der Waals surface area contributed by atoms with Crippen LogP contribution in [0.25, 0.3) is 0 Å². The summed E-state index contributed by atoms with van der Waals surface area (Å²) in [5.74, 6) is 5.66. The highest BCUT2D eigenvalue weighted by Crippen LogP contribution is 2.29. The molecule has 6 nitrogen and oxygen atoms in total. The van der Waals surface area contributed by atoms with Crippen molar-refractivity contribution < 1.29 is 9.32 Å². The average Bonchev–Trinajstić information content (AvgIpc) is 2.88. The molecule has 0 fully saturated rings. The molecule has 5 N–H and O–H groups in total. The molecule has 0 aliphatic rings. The number of aromatic nitrogens is 1. The van der Waals surface area contributed by atoms with E-state index in [2.05, 4.69) is 5.16 Å². The normalized spacial score (nSPS) is 10.4. The number of carbonyl (C=O) groups excluding carboxylic acids is 1. The maximum Gasteiger partial charge on any atom is 0.287 e. The molecule has 0 aliphatic heterocycles. The summed E-state index contributed by atoms with van der Waals surface area (Å²) in [6, 6.07) is 7.38. The van der Waals surface area contributed by atoms with Crippen molar-refractivity contribution in [2.75, 3.05) is 5.73 Å². The lowest BCUT2D eigenvalue weighted by molar-refractivity contribution is 0.0944. The van der Waals surface area contributed by atoms with Crippen LogP contribution in [0.1, 0.15) is 21.8 Å². The first-order valence-electron chi connectivity index (χ1n) is 5.55. The SMILES string of the molecule is Cc1ccc(N)c(SCc2cc(C(=O)NN)no2)c1. The predicted molar refractivity (Wildman–Crippen MR) is 73.3 cm³/mol. The van der Waals surface area contributed by atoms with Gasteiger partial charge in [-0.05, 0) is 24.6 Å². The number of hydrogen-bond donors (Lipinski definition) is 3. The number of anilines is 1. The van der Waals surface area contributed by atoms with Gasteiger partial charge in [0.25, 0.3) is 5.91 Å². The summed E-state index contributed by atoms with van der Waals surface area (Å²) in [5.41, 5.74) is 9.89. The number of thioether (sulfide) groups is 1. The van der Waals surface area contributed by atoms with Gasteiger partial charge in [-0.3, -0.25) is 10.2 Å². The van der Waals surface area contributed by atoms with Gasteiger partial charge in [-0.2, -0.15) is 0 Å². The Hall–Kier alpha value is -1.99. The Labute approximate surface area is 114 Å². The molecule has 100 valence electrons. The van der Waals surface area contributed by atoms with Crippen LogP contribution >= 0.6 is 11.8 Å². The first-order chi connectivity index (χ1) is 9.10. The zero-order chi connectivity index (χ0) is 13.8. The summed E-state index contributed by atoms with van der Waals surface area (Å²) >= 11 is 1.53. The monoisotopic (exact) mass is 278 g/mol. The van der Waals surface area contributed by atoms with E-state index in [0.29, 0.717) is 11.5 Å². The van der Waals surface area contributed by atoms with Crippen LogP contribution in [-0.2, 0) is 5.75 Å². The number of nitrogens with zero attached hydrogens (tertiary/aromatic N) is 1. The van der Waals surface area contributed by atoms with Crippen molar-refractivity contribution >= 4 is 23.4 Å². The molecule has 0 spiro atoms. The summed E-state index contributed by atoms with van der Waals surface area (Å²) in [4.78, 5) is 12.2. The summed E-state index contributed by atoms with van der Waals surface area (Å²) < 4.78 is 5.05. The van der Waals surface area contributed by atoms with Crippen LogP contribution in [0.2, 0.25) is 0 Å². The lowest BCUT2D eigenvalue weighted by Gasteiger charge is -2.04. The van der Waals surface area contributed by atoms with Crippen molar-refractivity contribution in [3.05, 3.63) is 41.3 Å².